The van der Waals surface area contributed by atoms with Gasteiger partial charge in [0.25, 0.3) is 0 Å². The third-order valence-corrected chi connectivity index (χ3v) is 8.87. The summed E-state index contributed by atoms with van der Waals surface area (Å²) >= 11 is 4.34. The van der Waals surface area contributed by atoms with Gasteiger partial charge < -0.3 is 29.5 Å². The minimum absolute atomic E-state index is 0.00748. The molecule has 0 saturated carbocycles. The van der Waals surface area contributed by atoms with Crippen molar-refractivity contribution in [3.05, 3.63) is 89.5 Å². The van der Waals surface area contributed by atoms with Crippen molar-refractivity contribution in [3.8, 4) is 0 Å². The Kier molecular flexibility index (Phi) is 21.4. The second kappa shape index (κ2) is 24.6. The van der Waals surface area contributed by atoms with Crippen LogP contribution in [0.1, 0.15) is 16.7 Å². The first-order valence-electron chi connectivity index (χ1n) is 14.4. The van der Waals surface area contributed by atoms with Gasteiger partial charge in [-0.15, -0.1) is 35.3 Å². The lowest BCUT2D eigenvalue weighted by Gasteiger charge is -2.04. The summed E-state index contributed by atoms with van der Waals surface area (Å²) in [6.07, 6.45) is 0. The molecule has 0 heterocycles. The van der Waals surface area contributed by atoms with Crippen molar-refractivity contribution in [2.75, 3.05) is 45.7 Å². The molecule has 264 valence electrons. The number of rotatable bonds is 14. The van der Waals surface area contributed by atoms with Gasteiger partial charge in [-0.2, -0.15) is 0 Å². The summed E-state index contributed by atoms with van der Waals surface area (Å²) in [4.78, 5) is 45.3. The Bertz CT molecular complexity index is 1550. The van der Waals surface area contributed by atoms with Crippen molar-refractivity contribution in [1.82, 2.24) is 0 Å². The fourth-order valence-corrected chi connectivity index (χ4v) is 5.61. The van der Waals surface area contributed by atoms with Crippen molar-refractivity contribution < 1.29 is 43.8 Å². The number of aryl methyl sites for hydroxylation is 3. The Balaban J connectivity index is 0.000000368. The van der Waals surface area contributed by atoms with E-state index >= 15 is 0 Å². The molecular formula is C34H41N3O9S3. The summed E-state index contributed by atoms with van der Waals surface area (Å²) in [7, 11) is 5.31. The van der Waals surface area contributed by atoms with Crippen LogP contribution in [0.3, 0.4) is 0 Å². The Labute approximate surface area is 299 Å². The van der Waals surface area contributed by atoms with Gasteiger partial charge in [-0.05, 0) is 57.2 Å². The largest absolute Gasteiger partial charge is 0.477 e. The Hall–Kier alpha value is -4.47. The number of hydrogen-bond donors (Lipinski definition) is 2. The molecule has 0 atom stereocenters. The summed E-state index contributed by atoms with van der Waals surface area (Å²) < 4.78 is 9.08. The Morgan fingerprint density at radius 3 is 1.16 bits per heavy atom. The van der Waals surface area contributed by atoms with E-state index < -0.39 is 17.9 Å². The summed E-state index contributed by atoms with van der Waals surface area (Å²) in [5, 5.41) is 27.4. The lowest BCUT2D eigenvalue weighted by Crippen LogP contribution is -2.18. The van der Waals surface area contributed by atoms with E-state index in [1.54, 1.807) is 0 Å². The summed E-state index contributed by atoms with van der Waals surface area (Å²) in [6, 6.07) is 23.8. The molecule has 0 aliphatic heterocycles. The van der Waals surface area contributed by atoms with Crippen molar-refractivity contribution in [2.24, 2.45) is 15.5 Å². The van der Waals surface area contributed by atoms with Crippen molar-refractivity contribution in [1.29, 1.82) is 0 Å². The third kappa shape index (κ3) is 18.0. The van der Waals surface area contributed by atoms with E-state index in [1.807, 2.05) is 93.6 Å². The molecule has 3 rings (SSSR count). The maximum absolute atomic E-state index is 11.3. The number of hydrogen-bond acceptors (Lipinski definition) is 14. The van der Waals surface area contributed by atoms with E-state index in [2.05, 4.69) is 34.6 Å². The van der Waals surface area contributed by atoms with Crippen LogP contribution in [0, 0.1) is 20.8 Å². The molecular weight excluding hydrogens is 691 g/mol. The van der Waals surface area contributed by atoms with Gasteiger partial charge in [-0.1, -0.05) is 68.6 Å². The molecule has 0 spiro atoms. The highest BCUT2D eigenvalue weighted by Crippen LogP contribution is 2.20. The van der Waals surface area contributed by atoms with Crippen LogP contribution in [0.2, 0.25) is 0 Å². The van der Waals surface area contributed by atoms with Crippen LogP contribution in [0.25, 0.3) is 0 Å². The SMILES string of the molecule is CO/N=C(/CSc1ccc(C)cc1)C(=O)O.CO/N=C(/CSc1ccc(C)cc1)C(=O)OC.COC(=O)/C(CSc1ccc(C)cc1)=N\O. The van der Waals surface area contributed by atoms with E-state index in [4.69, 9.17) is 10.3 Å². The smallest absolute Gasteiger partial charge is 0.356 e. The van der Waals surface area contributed by atoms with Crippen molar-refractivity contribution in [2.45, 2.75) is 35.5 Å². The van der Waals surface area contributed by atoms with E-state index in [9.17, 15) is 14.4 Å². The van der Waals surface area contributed by atoms with E-state index in [0.717, 1.165) is 14.7 Å². The van der Waals surface area contributed by atoms with Crippen LogP contribution in [-0.4, -0.2) is 91.1 Å². The van der Waals surface area contributed by atoms with Crippen molar-refractivity contribution in [3.63, 3.8) is 0 Å². The molecule has 0 radical (unpaired) electrons. The first-order valence-corrected chi connectivity index (χ1v) is 17.3. The van der Waals surface area contributed by atoms with Gasteiger partial charge in [-0.25, -0.2) is 14.4 Å². The minimum Gasteiger partial charge on any atom is -0.477 e. The number of carbonyl (C=O) groups excluding carboxylic acids is 2. The lowest BCUT2D eigenvalue weighted by atomic mass is 10.2. The molecule has 0 aliphatic carbocycles. The molecule has 15 heteroatoms. The normalized spacial score (nSPS) is 11.2. The first-order chi connectivity index (χ1) is 23.5. The number of aliphatic carboxylic acids is 1. The Morgan fingerprint density at radius 1 is 0.551 bits per heavy atom. The predicted octanol–water partition coefficient (Wildman–Crippen LogP) is 6.53. The van der Waals surface area contributed by atoms with Gasteiger partial charge in [0.1, 0.15) is 14.2 Å². The number of carbonyl (C=O) groups is 3. The lowest BCUT2D eigenvalue weighted by molar-refractivity contribution is -0.133. The maximum atomic E-state index is 11.3. The molecule has 0 aromatic heterocycles. The number of methoxy groups -OCH3 is 2. The summed E-state index contributed by atoms with van der Waals surface area (Å²) in [5.74, 6) is -1.14. The molecule has 3 aromatic carbocycles. The number of ether oxygens (including phenoxy) is 2. The number of carboxylic acids is 1. The van der Waals surface area contributed by atoms with Gasteiger partial charge in [0.2, 0.25) is 0 Å². The highest BCUT2D eigenvalue weighted by atomic mass is 32.2. The average Bonchev–Trinajstić information content (AvgIpc) is 3.10. The zero-order valence-electron chi connectivity index (χ0n) is 28.4. The second-order valence-electron chi connectivity index (χ2n) is 9.58. The molecule has 2 N–H and O–H groups in total. The zero-order valence-corrected chi connectivity index (χ0v) is 30.8. The van der Waals surface area contributed by atoms with Crippen LogP contribution < -0.4 is 0 Å². The van der Waals surface area contributed by atoms with E-state index in [1.165, 1.54) is 80.4 Å². The van der Waals surface area contributed by atoms with Gasteiger partial charge in [-0.3, -0.25) is 0 Å². The molecule has 3 aromatic rings. The number of esters is 2. The minimum atomic E-state index is -1.05. The molecule has 0 saturated heterocycles. The monoisotopic (exact) mass is 731 g/mol. The van der Waals surface area contributed by atoms with Gasteiger partial charge in [0.05, 0.1) is 31.5 Å². The number of nitrogens with zero attached hydrogens (tertiary/aromatic N) is 3. The van der Waals surface area contributed by atoms with E-state index in [0.29, 0.717) is 5.75 Å². The highest BCUT2D eigenvalue weighted by molar-refractivity contribution is 8.00. The molecule has 49 heavy (non-hydrogen) atoms. The number of oxime groups is 3. The number of carboxylic acid groups (broad SMARTS) is 1. The molecule has 12 nitrogen and oxygen atoms in total. The molecule has 0 fully saturated rings. The number of benzene rings is 3. The van der Waals surface area contributed by atoms with Crippen LogP contribution in [0.15, 0.2) is 103 Å². The topological polar surface area (TPSA) is 166 Å². The maximum Gasteiger partial charge on any atom is 0.356 e. The second-order valence-corrected chi connectivity index (χ2v) is 12.7. The predicted molar refractivity (Wildman–Crippen MR) is 195 cm³/mol. The van der Waals surface area contributed by atoms with Crippen LogP contribution in [-0.2, 0) is 33.5 Å². The van der Waals surface area contributed by atoms with Crippen LogP contribution in [0.4, 0.5) is 0 Å². The summed E-state index contributed by atoms with van der Waals surface area (Å²) in [6.45, 7) is 6.04. The zero-order chi connectivity index (χ0) is 36.6. The van der Waals surface area contributed by atoms with Gasteiger partial charge in [0, 0.05) is 14.7 Å². The number of thioether (sulfide) groups is 3. The third-order valence-electron chi connectivity index (χ3n) is 5.80. The Morgan fingerprint density at radius 2 is 0.857 bits per heavy atom. The van der Waals surface area contributed by atoms with Crippen molar-refractivity contribution >= 4 is 70.3 Å². The fourth-order valence-electron chi connectivity index (χ4n) is 3.19. The molecule has 0 aliphatic rings. The fraction of sp³-hybridized carbons (Fsp3) is 0.294. The standard InChI is InChI=1S/C12H15NO3S.2C11H13NO3S/c1-9-4-6-10(7-5-9)17-8-11(13-16-3)12(14)15-2;1-8-3-5-9(6-4-8)16-7-10(12-14)11(13)15-2;1-8-3-5-9(6-4-8)16-7-10(11(13)14)12-15-2/h4-7H,8H2,1-3H3;3-6,14H,7H2,1-2H3;3-6H,7H2,1-2H3,(H,13,14)/b13-11-;2*12-10-. The van der Waals surface area contributed by atoms with Crippen LogP contribution in [0.5, 0.6) is 0 Å². The van der Waals surface area contributed by atoms with Crippen LogP contribution >= 0.6 is 35.3 Å². The molecule has 0 bridgehead atoms. The van der Waals surface area contributed by atoms with Gasteiger partial charge >= 0.3 is 17.9 Å². The average molecular weight is 732 g/mol. The molecule has 0 amide bonds. The van der Waals surface area contributed by atoms with Gasteiger partial charge in [0.15, 0.2) is 17.1 Å². The quantitative estimate of drug-likeness (QED) is 0.0607. The first kappa shape index (κ1) is 42.6. The summed E-state index contributed by atoms with van der Waals surface area (Å²) in [5.41, 5.74) is 3.83. The highest BCUT2D eigenvalue weighted by Gasteiger charge is 2.14. The molecule has 0 unspecified atom stereocenters. The van der Waals surface area contributed by atoms with E-state index in [-0.39, 0.29) is 28.6 Å².